The summed E-state index contributed by atoms with van der Waals surface area (Å²) in [6.07, 6.45) is 0. The third-order valence-electron chi connectivity index (χ3n) is 3.38. The van der Waals surface area contributed by atoms with Gasteiger partial charge in [-0.2, -0.15) is 0 Å². The van der Waals surface area contributed by atoms with Crippen LogP contribution in [0.25, 0.3) is 10.9 Å². The number of aromatic nitrogens is 1. The van der Waals surface area contributed by atoms with E-state index in [0.29, 0.717) is 17.1 Å². The maximum absolute atomic E-state index is 12.4. The zero-order valence-corrected chi connectivity index (χ0v) is 11.9. The van der Waals surface area contributed by atoms with E-state index in [0.717, 1.165) is 16.5 Å². The van der Waals surface area contributed by atoms with Gasteiger partial charge in [0.1, 0.15) is 11.4 Å². The fourth-order valence-corrected chi connectivity index (χ4v) is 2.30. The van der Waals surface area contributed by atoms with Crippen molar-refractivity contribution >= 4 is 22.5 Å². The number of rotatable bonds is 3. The molecule has 0 saturated carbocycles. The molecular weight excluding hydrogens is 264 g/mol. The number of aromatic amines is 1. The van der Waals surface area contributed by atoms with Crippen LogP contribution >= 0.6 is 0 Å². The minimum Gasteiger partial charge on any atom is -0.495 e. The van der Waals surface area contributed by atoms with Gasteiger partial charge in [0.15, 0.2) is 0 Å². The number of fused-ring (bicyclic) bond motifs is 1. The zero-order chi connectivity index (χ0) is 14.8. The van der Waals surface area contributed by atoms with Crippen molar-refractivity contribution in [2.24, 2.45) is 0 Å². The Kier molecular flexibility index (Phi) is 3.36. The maximum atomic E-state index is 12.4. The Bertz CT molecular complexity index is 772. The van der Waals surface area contributed by atoms with E-state index in [9.17, 15) is 4.79 Å². The van der Waals surface area contributed by atoms with Crippen LogP contribution in [0.1, 0.15) is 16.1 Å². The first-order chi connectivity index (χ1) is 10.2. The highest BCUT2D eigenvalue weighted by atomic mass is 16.5. The van der Waals surface area contributed by atoms with E-state index in [-0.39, 0.29) is 5.91 Å². The van der Waals surface area contributed by atoms with E-state index in [1.165, 1.54) is 0 Å². The smallest absolute Gasteiger partial charge is 0.272 e. The standard InChI is InChI=1S/C17H16N2O2/c1-11-7-8-16(21-2)14(9-11)19-17(20)15-10-12-5-3-4-6-13(12)18-15/h3-10,18H,1-2H3,(H,19,20). The quantitative estimate of drug-likeness (QED) is 0.768. The van der Waals surface area contributed by atoms with Crippen LogP contribution in [0.3, 0.4) is 0 Å². The van der Waals surface area contributed by atoms with E-state index >= 15 is 0 Å². The first-order valence-corrected chi connectivity index (χ1v) is 6.71. The summed E-state index contributed by atoms with van der Waals surface area (Å²) in [5, 5.41) is 3.90. The van der Waals surface area contributed by atoms with Gasteiger partial charge in [0, 0.05) is 10.9 Å². The number of methoxy groups -OCH3 is 1. The lowest BCUT2D eigenvalue weighted by Crippen LogP contribution is -2.13. The number of nitrogens with one attached hydrogen (secondary N) is 2. The molecule has 2 aromatic carbocycles. The van der Waals surface area contributed by atoms with Crippen LogP contribution in [0.15, 0.2) is 48.5 Å². The number of H-pyrrole nitrogens is 1. The summed E-state index contributed by atoms with van der Waals surface area (Å²) in [7, 11) is 1.59. The lowest BCUT2D eigenvalue weighted by Gasteiger charge is -2.10. The van der Waals surface area contributed by atoms with Crippen LogP contribution in [-0.2, 0) is 0 Å². The number of amides is 1. The van der Waals surface area contributed by atoms with Crippen LogP contribution in [0.2, 0.25) is 0 Å². The molecule has 0 aliphatic rings. The number of carbonyl (C=O) groups excluding carboxylic acids is 1. The Balaban J connectivity index is 1.91. The predicted octanol–water partition coefficient (Wildman–Crippen LogP) is 3.74. The molecule has 21 heavy (non-hydrogen) atoms. The fraction of sp³-hybridized carbons (Fsp3) is 0.118. The second-order valence-electron chi connectivity index (χ2n) is 4.93. The van der Waals surface area contributed by atoms with E-state index in [2.05, 4.69) is 10.3 Å². The van der Waals surface area contributed by atoms with Gasteiger partial charge in [0.2, 0.25) is 0 Å². The van der Waals surface area contributed by atoms with Gasteiger partial charge in [0.05, 0.1) is 12.8 Å². The molecule has 4 nitrogen and oxygen atoms in total. The van der Waals surface area contributed by atoms with Gasteiger partial charge in [-0.1, -0.05) is 24.3 Å². The van der Waals surface area contributed by atoms with E-state index in [1.807, 2.05) is 55.5 Å². The number of anilines is 1. The molecule has 0 spiro atoms. The minimum absolute atomic E-state index is 0.185. The summed E-state index contributed by atoms with van der Waals surface area (Å²) in [4.78, 5) is 15.5. The SMILES string of the molecule is COc1ccc(C)cc1NC(=O)c1cc2ccccc2[nH]1. The highest BCUT2D eigenvalue weighted by molar-refractivity contribution is 6.06. The fourth-order valence-electron chi connectivity index (χ4n) is 2.30. The topological polar surface area (TPSA) is 54.1 Å². The normalized spacial score (nSPS) is 10.6. The van der Waals surface area contributed by atoms with Crippen molar-refractivity contribution in [3.05, 3.63) is 59.8 Å². The van der Waals surface area contributed by atoms with Crippen molar-refractivity contribution in [2.75, 3.05) is 12.4 Å². The van der Waals surface area contributed by atoms with E-state index in [1.54, 1.807) is 7.11 Å². The van der Waals surface area contributed by atoms with Crippen LogP contribution < -0.4 is 10.1 Å². The highest BCUT2D eigenvalue weighted by Gasteiger charge is 2.12. The van der Waals surface area contributed by atoms with Gasteiger partial charge in [-0.3, -0.25) is 4.79 Å². The molecular formula is C17H16N2O2. The van der Waals surface area contributed by atoms with Crippen LogP contribution in [0.5, 0.6) is 5.75 Å². The third-order valence-corrected chi connectivity index (χ3v) is 3.38. The summed E-state index contributed by atoms with van der Waals surface area (Å²) >= 11 is 0. The lowest BCUT2D eigenvalue weighted by molar-refractivity contribution is 0.102. The number of benzene rings is 2. The molecule has 3 aromatic rings. The average Bonchev–Trinajstić information content (AvgIpc) is 2.91. The highest BCUT2D eigenvalue weighted by Crippen LogP contribution is 2.26. The molecule has 0 fully saturated rings. The molecule has 1 heterocycles. The zero-order valence-electron chi connectivity index (χ0n) is 11.9. The number of hydrogen-bond donors (Lipinski definition) is 2. The molecule has 2 N–H and O–H groups in total. The van der Waals surface area contributed by atoms with Gasteiger partial charge in [-0.15, -0.1) is 0 Å². The van der Waals surface area contributed by atoms with Gasteiger partial charge >= 0.3 is 0 Å². The molecule has 4 heteroatoms. The molecule has 0 radical (unpaired) electrons. The Labute approximate surface area is 122 Å². The van der Waals surface area contributed by atoms with Crippen molar-refractivity contribution in [3.8, 4) is 5.75 Å². The lowest BCUT2D eigenvalue weighted by atomic mass is 10.2. The Morgan fingerprint density at radius 3 is 2.71 bits per heavy atom. The molecule has 1 amide bonds. The van der Waals surface area contributed by atoms with Gasteiger partial charge in [-0.05, 0) is 36.8 Å². The summed E-state index contributed by atoms with van der Waals surface area (Å²) < 4.78 is 5.27. The predicted molar refractivity (Wildman–Crippen MR) is 84.0 cm³/mol. The van der Waals surface area contributed by atoms with Crippen molar-refractivity contribution < 1.29 is 9.53 Å². The van der Waals surface area contributed by atoms with Crippen molar-refractivity contribution in [1.82, 2.24) is 4.98 Å². The number of ether oxygens (including phenoxy) is 1. The average molecular weight is 280 g/mol. The van der Waals surface area contributed by atoms with Gasteiger partial charge in [0.25, 0.3) is 5.91 Å². The Morgan fingerprint density at radius 1 is 1.14 bits per heavy atom. The van der Waals surface area contributed by atoms with Crippen molar-refractivity contribution in [3.63, 3.8) is 0 Å². The van der Waals surface area contributed by atoms with E-state index < -0.39 is 0 Å². The van der Waals surface area contributed by atoms with Crippen molar-refractivity contribution in [1.29, 1.82) is 0 Å². The minimum atomic E-state index is -0.185. The number of aryl methyl sites for hydroxylation is 1. The maximum Gasteiger partial charge on any atom is 0.272 e. The molecule has 0 bridgehead atoms. The second kappa shape index (κ2) is 5.32. The van der Waals surface area contributed by atoms with E-state index in [4.69, 9.17) is 4.74 Å². The molecule has 0 saturated heterocycles. The first-order valence-electron chi connectivity index (χ1n) is 6.71. The number of hydrogen-bond acceptors (Lipinski definition) is 2. The van der Waals surface area contributed by atoms with Gasteiger partial charge in [-0.25, -0.2) is 0 Å². The molecule has 0 atom stereocenters. The molecule has 0 aliphatic heterocycles. The number of carbonyl (C=O) groups is 1. The second-order valence-corrected chi connectivity index (χ2v) is 4.93. The van der Waals surface area contributed by atoms with Crippen LogP contribution in [0, 0.1) is 6.92 Å². The number of para-hydroxylation sites is 1. The summed E-state index contributed by atoms with van der Waals surface area (Å²) in [5.41, 5.74) is 3.20. The van der Waals surface area contributed by atoms with Crippen LogP contribution in [-0.4, -0.2) is 18.0 Å². The van der Waals surface area contributed by atoms with Crippen LogP contribution in [0.4, 0.5) is 5.69 Å². The largest absolute Gasteiger partial charge is 0.495 e. The first kappa shape index (κ1) is 13.2. The molecule has 0 unspecified atom stereocenters. The Morgan fingerprint density at radius 2 is 1.95 bits per heavy atom. The van der Waals surface area contributed by atoms with Gasteiger partial charge < -0.3 is 15.0 Å². The molecule has 0 aliphatic carbocycles. The molecule has 1 aromatic heterocycles. The molecule has 3 rings (SSSR count). The summed E-state index contributed by atoms with van der Waals surface area (Å²) in [5.74, 6) is 0.458. The molecule has 106 valence electrons. The monoisotopic (exact) mass is 280 g/mol. The third kappa shape index (κ3) is 2.60. The summed E-state index contributed by atoms with van der Waals surface area (Å²) in [6, 6.07) is 15.3. The summed E-state index contributed by atoms with van der Waals surface area (Å²) in [6.45, 7) is 1.97. The van der Waals surface area contributed by atoms with Crippen molar-refractivity contribution in [2.45, 2.75) is 6.92 Å². The Hall–Kier alpha value is -2.75.